The molecule has 3 rings (SSSR count). The van der Waals surface area contributed by atoms with E-state index in [9.17, 15) is 4.79 Å². The number of amides is 1. The first-order valence-corrected chi connectivity index (χ1v) is 6.93. The number of nitrogens with one attached hydrogen (secondary N) is 1. The quantitative estimate of drug-likeness (QED) is 0.752. The molecule has 0 saturated heterocycles. The number of benzene rings is 1. The lowest BCUT2D eigenvalue weighted by atomic mass is 10.3. The molecule has 0 aliphatic carbocycles. The lowest BCUT2D eigenvalue weighted by Crippen LogP contribution is -2.19. The van der Waals surface area contributed by atoms with Gasteiger partial charge in [-0.3, -0.25) is 10.2 Å². The fourth-order valence-electron chi connectivity index (χ4n) is 1.82. The summed E-state index contributed by atoms with van der Waals surface area (Å²) in [5, 5.41) is 2.89. The van der Waals surface area contributed by atoms with E-state index in [4.69, 9.17) is 0 Å². The topological polar surface area (TPSA) is 59.8 Å². The van der Waals surface area contributed by atoms with Gasteiger partial charge in [-0.25, -0.2) is 14.6 Å². The van der Waals surface area contributed by atoms with Crippen LogP contribution >= 0.6 is 11.3 Å². The summed E-state index contributed by atoms with van der Waals surface area (Å²) in [7, 11) is 0. The molecule has 2 heterocycles. The smallest absolute Gasteiger partial charge is 0.262 e. The zero-order valence-electron chi connectivity index (χ0n) is 10.8. The number of aryl methyl sites for hydroxylation is 1. The fraction of sp³-hybridized carbons (Fsp3) is 0.0714. The third kappa shape index (κ3) is 2.60. The molecular formula is C14H12N4OS. The summed E-state index contributed by atoms with van der Waals surface area (Å²) in [6.45, 7) is 1.93. The van der Waals surface area contributed by atoms with Gasteiger partial charge in [-0.1, -0.05) is 12.1 Å². The summed E-state index contributed by atoms with van der Waals surface area (Å²) in [5.74, 6) is -0.223. The maximum absolute atomic E-state index is 11.9. The first kappa shape index (κ1) is 12.6. The van der Waals surface area contributed by atoms with E-state index in [-0.39, 0.29) is 5.91 Å². The second-order valence-electron chi connectivity index (χ2n) is 4.20. The Hall–Kier alpha value is -2.47. The van der Waals surface area contributed by atoms with E-state index < -0.39 is 0 Å². The van der Waals surface area contributed by atoms with E-state index >= 15 is 0 Å². The summed E-state index contributed by atoms with van der Waals surface area (Å²) in [5.41, 5.74) is 5.24. The van der Waals surface area contributed by atoms with Gasteiger partial charge in [-0.15, -0.1) is 11.3 Å². The van der Waals surface area contributed by atoms with Crippen molar-refractivity contribution < 1.29 is 4.79 Å². The van der Waals surface area contributed by atoms with Crippen molar-refractivity contribution >= 4 is 34.4 Å². The van der Waals surface area contributed by atoms with Gasteiger partial charge in [-0.2, -0.15) is 0 Å². The molecule has 5 nitrogen and oxygen atoms in total. The van der Waals surface area contributed by atoms with Crippen LogP contribution in [0.2, 0.25) is 0 Å². The number of imidazole rings is 1. The zero-order chi connectivity index (χ0) is 13.9. The van der Waals surface area contributed by atoms with E-state index in [2.05, 4.69) is 15.4 Å². The van der Waals surface area contributed by atoms with Gasteiger partial charge in [0.05, 0.1) is 21.7 Å². The van der Waals surface area contributed by atoms with Gasteiger partial charge in [0, 0.05) is 11.5 Å². The zero-order valence-corrected chi connectivity index (χ0v) is 11.6. The van der Waals surface area contributed by atoms with Gasteiger partial charge in [-0.05, 0) is 25.1 Å². The van der Waals surface area contributed by atoms with Crippen LogP contribution in [0.15, 0.2) is 42.0 Å². The summed E-state index contributed by atoms with van der Waals surface area (Å²) in [6.07, 6.45) is 4.74. The van der Waals surface area contributed by atoms with Crippen LogP contribution in [0.1, 0.15) is 10.7 Å². The number of thiazole rings is 1. The Morgan fingerprint density at radius 3 is 3.05 bits per heavy atom. The monoisotopic (exact) mass is 284 g/mol. The largest absolute Gasteiger partial charge is 0.268 e. The molecule has 0 radical (unpaired) electrons. The molecule has 0 fully saturated rings. The van der Waals surface area contributed by atoms with E-state index in [1.54, 1.807) is 28.4 Å². The number of aromatic nitrogens is 3. The predicted octanol–water partition coefficient (Wildman–Crippen LogP) is 2.58. The van der Waals surface area contributed by atoms with E-state index in [1.807, 2.05) is 36.6 Å². The molecule has 0 saturated carbocycles. The molecule has 0 unspecified atom stereocenters. The Bertz CT molecular complexity index is 787. The van der Waals surface area contributed by atoms with Gasteiger partial charge in [0.1, 0.15) is 6.33 Å². The standard InChI is InChI=1S/C14H12N4OS/c1-10-16-11(8-20-10)6-7-14(19)17-18-9-15-12-4-2-3-5-13(12)18/h2-9H,1H3,(H,17,19)/b7-6+. The molecule has 100 valence electrons. The number of hydrogen-bond donors (Lipinski definition) is 1. The van der Waals surface area contributed by atoms with Crippen LogP contribution in [0.3, 0.4) is 0 Å². The third-order valence-corrected chi connectivity index (χ3v) is 3.52. The molecule has 0 atom stereocenters. The minimum absolute atomic E-state index is 0.223. The van der Waals surface area contributed by atoms with Crippen molar-refractivity contribution in [1.82, 2.24) is 14.6 Å². The van der Waals surface area contributed by atoms with Gasteiger partial charge in [0.25, 0.3) is 5.91 Å². The van der Waals surface area contributed by atoms with Crippen LogP contribution in [-0.4, -0.2) is 20.6 Å². The molecule has 0 aliphatic heterocycles. The summed E-state index contributed by atoms with van der Waals surface area (Å²) < 4.78 is 1.61. The molecule has 0 spiro atoms. The van der Waals surface area contributed by atoms with Crippen molar-refractivity contribution in [2.24, 2.45) is 0 Å². The normalized spacial score (nSPS) is 11.2. The van der Waals surface area contributed by atoms with Crippen LogP contribution in [0.25, 0.3) is 17.1 Å². The lowest BCUT2D eigenvalue weighted by molar-refractivity contribution is -0.112. The van der Waals surface area contributed by atoms with Crippen LogP contribution in [-0.2, 0) is 4.79 Å². The molecule has 3 aromatic rings. The summed E-state index contributed by atoms with van der Waals surface area (Å²) in [6, 6.07) is 7.61. The molecule has 20 heavy (non-hydrogen) atoms. The molecule has 1 N–H and O–H groups in total. The lowest BCUT2D eigenvalue weighted by Gasteiger charge is -2.03. The Morgan fingerprint density at radius 1 is 1.40 bits per heavy atom. The molecule has 0 aliphatic rings. The van der Waals surface area contributed by atoms with Crippen molar-refractivity contribution in [1.29, 1.82) is 0 Å². The molecule has 2 aromatic heterocycles. The fourth-order valence-corrected chi connectivity index (χ4v) is 2.40. The van der Waals surface area contributed by atoms with E-state index in [0.717, 1.165) is 21.7 Å². The van der Waals surface area contributed by atoms with Gasteiger partial charge < -0.3 is 0 Å². The number of rotatable bonds is 3. The molecular weight excluding hydrogens is 272 g/mol. The highest BCUT2D eigenvalue weighted by Gasteiger charge is 2.03. The maximum atomic E-state index is 11.9. The minimum Gasteiger partial charge on any atom is -0.268 e. The summed E-state index contributed by atoms with van der Waals surface area (Å²) in [4.78, 5) is 20.3. The highest BCUT2D eigenvalue weighted by Crippen LogP contribution is 2.11. The molecule has 6 heteroatoms. The number of para-hydroxylation sites is 2. The number of fused-ring (bicyclic) bond motifs is 1. The Balaban J connectivity index is 1.74. The van der Waals surface area contributed by atoms with E-state index in [0.29, 0.717) is 0 Å². The first-order chi connectivity index (χ1) is 9.72. The first-order valence-electron chi connectivity index (χ1n) is 6.06. The van der Waals surface area contributed by atoms with Crippen LogP contribution in [0, 0.1) is 6.92 Å². The minimum atomic E-state index is -0.223. The molecule has 0 bridgehead atoms. The molecule has 1 aromatic carbocycles. The van der Waals surface area contributed by atoms with Crippen molar-refractivity contribution in [2.75, 3.05) is 5.43 Å². The second-order valence-corrected chi connectivity index (χ2v) is 5.27. The van der Waals surface area contributed by atoms with Crippen molar-refractivity contribution in [3.05, 3.63) is 52.8 Å². The van der Waals surface area contributed by atoms with Crippen molar-refractivity contribution in [3.8, 4) is 0 Å². The average Bonchev–Trinajstić information content (AvgIpc) is 3.04. The highest BCUT2D eigenvalue weighted by atomic mass is 32.1. The van der Waals surface area contributed by atoms with Crippen molar-refractivity contribution in [2.45, 2.75) is 6.92 Å². The molecule has 1 amide bonds. The Morgan fingerprint density at radius 2 is 2.25 bits per heavy atom. The van der Waals surface area contributed by atoms with Crippen molar-refractivity contribution in [3.63, 3.8) is 0 Å². The van der Waals surface area contributed by atoms with Gasteiger partial charge in [0.15, 0.2) is 0 Å². The predicted molar refractivity (Wildman–Crippen MR) is 80.0 cm³/mol. The number of hydrogen-bond acceptors (Lipinski definition) is 4. The number of carbonyl (C=O) groups is 1. The Labute approximate surface area is 119 Å². The average molecular weight is 284 g/mol. The van der Waals surface area contributed by atoms with Crippen LogP contribution < -0.4 is 5.43 Å². The van der Waals surface area contributed by atoms with Crippen LogP contribution in [0.5, 0.6) is 0 Å². The Kier molecular flexibility index (Phi) is 3.30. The third-order valence-electron chi connectivity index (χ3n) is 2.73. The highest BCUT2D eigenvalue weighted by molar-refractivity contribution is 7.09. The maximum Gasteiger partial charge on any atom is 0.262 e. The van der Waals surface area contributed by atoms with Crippen LogP contribution in [0.4, 0.5) is 0 Å². The number of carbonyl (C=O) groups excluding carboxylic acids is 1. The van der Waals surface area contributed by atoms with Gasteiger partial charge >= 0.3 is 0 Å². The summed E-state index contributed by atoms with van der Waals surface area (Å²) >= 11 is 1.55. The SMILES string of the molecule is Cc1nc(/C=C/C(=O)Nn2cnc3ccccc32)cs1. The van der Waals surface area contributed by atoms with Gasteiger partial charge in [0.2, 0.25) is 0 Å². The van der Waals surface area contributed by atoms with E-state index in [1.165, 1.54) is 6.08 Å². The second kappa shape index (κ2) is 5.26. The number of nitrogens with zero attached hydrogens (tertiary/aromatic N) is 3.